The van der Waals surface area contributed by atoms with Crippen LogP contribution in [0.5, 0.6) is 0 Å². The molecule has 4 nitrogen and oxygen atoms in total. The van der Waals surface area contributed by atoms with E-state index in [1.54, 1.807) is 5.56 Å². The molecule has 2 aliphatic heterocycles. The molecule has 0 N–H and O–H groups in total. The molecule has 1 aromatic rings. The summed E-state index contributed by atoms with van der Waals surface area (Å²) in [5.41, 5.74) is 5.01. The van der Waals surface area contributed by atoms with Crippen LogP contribution in [-0.2, 0) is 4.74 Å². The standard InChI is InChI=1S/C29H49N3O.ClH/c1-5-6-7-14-30-15-17-32(18-16-30)28-13-12-26(31-19-21-33-22-20-31)23-27(28)24-8-10-25(11-9-24)29(2,3)4;/h12-13,23-25H,5-11,14-22H2,1-4H3;1H. The summed E-state index contributed by atoms with van der Waals surface area (Å²) in [6.45, 7) is 19.4. The van der Waals surface area contributed by atoms with Crippen molar-refractivity contribution in [3.05, 3.63) is 23.8 Å². The third-order valence-corrected chi connectivity index (χ3v) is 8.57. The Hall–Kier alpha value is -0.970. The Morgan fingerprint density at radius 1 is 0.853 bits per heavy atom. The first-order valence-corrected chi connectivity index (χ1v) is 13.9. The fourth-order valence-corrected chi connectivity index (χ4v) is 6.24. The van der Waals surface area contributed by atoms with Crippen molar-refractivity contribution in [2.24, 2.45) is 11.3 Å². The smallest absolute Gasteiger partial charge is 0.0642 e. The van der Waals surface area contributed by atoms with E-state index in [1.165, 1.54) is 89.0 Å². The minimum Gasteiger partial charge on any atom is -0.378 e. The topological polar surface area (TPSA) is 19.0 Å². The number of benzene rings is 1. The van der Waals surface area contributed by atoms with Crippen LogP contribution in [-0.4, -0.2) is 63.9 Å². The molecular formula is C29H50ClN3O. The predicted octanol–water partition coefficient (Wildman–Crippen LogP) is 6.58. The fraction of sp³-hybridized carbons (Fsp3) is 0.793. The molecule has 0 atom stereocenters. The first-order chi connectivity index (χ1) is 16.0. The van der Waals surface area contributed by atoms with Crippen LogP contribution in [0, 0.1) is 11.3 Å². The Morgan fingerprint density at radius 3 is 2.15 bits per heavy atom. The molecule has 1 aromatic carbocycles. The molecule has 3 fully saturated rings. The first kappa shape index (κ1) is 27.6. The highest BCUT2D eigenvalue weighted by atomic mass is 35.5. The second-order valence-corrected chi connectivity index (χ2v) is 11.8. The van der Waals surface area contributed by atoms with E-state index in [0.29, 0.717) is 11.3 Å². The highest BCUT2D eigenvalue weighted by Gasteiger charge is 2.32. The van der Waals surface area contributed by atoms with Crippen molar-refractivity contribution >= 4 is 23.8 Å². The largest absolute Gasteiger partial charge is 0.378 e. The molecule has 34 heavy (non-hydrogen) atoms. The van der Waals surface area contributed by atoms with Gasteiger partial charge in [-0.05, 0) is 79.7 Å². The second kappa shape index (κ2) is 12.8. The maximum Gasteiger partial charge on any atom is 0.0642 e. The lowest BCUT2D eigenvalue weighted by atomic mass is 9.68. The van der Waals surface area contributed by atoms with Gasteiger partial charge in [0.25, 0.3) is 0 Å². The second-order valence-electron chi connectivity index (χ2n) is 11.8. The van der Waals surface area contributed by atoms with Crippen molar-refractivity contribution in [3.8, 4) is 0 Å². The number of hydrogen-bond acceptors (Lipinski definition) is 4. The molecular weight excluding hydrogens is 442 g/mol. The maximum absolute atomic E-state index is 5.62. The van der Waals surface area contributed by atoms with Crippen LogP contribution < -0.4 is 9.80 Å². The molecule has 3 aliphatic rings. The minimum atomic E-state index is 0. The van der Waals surface area contributed by atoms with Crippen LogP contribution in [0.15, 0.2) is 18.2 Å². The third kappa shape index (κ3) is 7.04. The van der Waals surface area contributed by atoms with E-state index in [0.717, 1.165) is 32.2 Å². The van der Waals surface area contributed by atoms with Crippen LogP contribution in [0.25, 0.3) is 0 Å². The van der Waals surface area contributed by atoms with Gasteiger partial charge < -0.3 is 14.5 Å². The maximum atomic E-state index is 5.62. The molecule has 194 valence electrons. The number of ether oxygens (including phenoxy) is 1. The molecule has 1 saturated carbocycles. The summed E-state index contributed by atoms with van der Waals surface area (Å²) < 4.78 is 5.62. The zero-order valence-electron chi connectivity index (χ0n) is 22.4. The van der Waals surface area contributed by atoms with Crippen LogP contribution in [0.3, 0.4) is 0 Å². The van der Waals surface area contributed by atoms with Crippen molar-refractivity contribution in [1.82, 2.24) is 4.90 Å². The van der Waals surface area contributed by atoms with Gasteiger partial charge in [0.2, 0.25) is 0 Å². The number of morpholine rings is 1. The van der Waals surface area contributed by atoms with Gasteiger partial charge in [-0.2, -0.15) is 0 Å². The SMILES string of the molecule is CCCCCN1CCN(c2ccc(N3CCOCC3)cc2C2CCC(C(C)(C)C)CC2)CC1.Cl. The Labute approximate surface area is 215 Å². The van der Waals surface area contributed by atoms with Gasteiger partial charge in [-0.15, -0.1) is 12.4 Å². The Balaban J connectivity index is 0.00000324. The first-order valence-electron chi connectivity index (χ1n) is 13.9. The Bertz CT molecular complexity index is 727. The minimum absolute atomic E-state index is 0. The summed E-state index contributed by atoms with van der Waals surface area (Å²) in [7, 11) is 0. The molecule has 2 saturated heterocycles. The summed E-state index contributed by atoms with van der Waals surface area (Å²) in [5, 5.41) is 0. The number of nitrogens with zero attached hydrogens (tertiary/aromatic N) is 3. The van der Waals surface area contributed by atoms with Crippen LogP contribution in [0.1, 0.15) is 84.1 Å². The molecule has 0 bridgehead atoms. The van der Waals surface area contributed by atoms with E-state index in [1.807, 2.05) is 0 Å². The quantitative estimate of drug-likeness (QED) is 0.401. The molecule has 0 radical (unpaired) electrons. The molecule has 5 heteroatoms. The van der Waals surface area contributed by atoms with Gasteiger partial charge in [-0.1, -0.05) is 40.5 Å². The van der Waals surface area contributed by atoms with Crippen LogP contribution in [0.4, 0.5) is 11.4 Å². The van der Waals surface area contributed by atoms with Gasteiger partial charge in [-0.3, -0.25) is 4.90 Å². The van der Waals surface area contributed by atoms with Crippen LogP contribution in [0.2, 0.25) is 0 Å². The lowest BCUT2D eigenvalue weighted by molar-refractivity contribution is 0.122. The third-order valence-electron chi connectivity index (χ3n) is 8.57. The number of halogens is 1. The number of unbranched alkanes of at least 4 members (excludes halogenated alkanes) is 2. The number of hydrogen-bond donors (Lipinski definition) is 0. The predicted molar refractivity (Wildman–Crippen MR) is 149 cm³/mol. The van der Waals surface area contributed by atoms with E-state index in [4.69, 9.17) is 4.74 Å². The van der Waals surface area contributed by atoms with E-state index in [2.05, 4.69) is 60.6 Å². The van der Waals surface area contributed by atoms with E-state index >= 15 is 0 Å². The number of rotatable bonds is 7. The number of anilines is 2. The zero-order chi connectivity index (χ0) is 23.3. The monoisotopic (exact) mass is 491 g/mol. The average Bonchev–Trinajstić information content (AvgIpc) is 2.84. The molecule has 0 aromatic heterocycles. The Morgan fingerprint density at radius 2 is 1.53 bits per heavy atom. The average molecular weight is 492 g/mol. The van der Waals surface area contributed by atoms with Crippen molar-refractivity contribution in [3.63, 3.8) is 0 Å². The summed E-state index contributed by atoms with van der Waals surface area (Å²) in [4.78, 5) is 7.91. The van der Waals surface area contributed by atoms with Gasteiger partial charge in [0, 0.05) is 50.6 Å². The molecule has 1 aliphatic carbocycles. The molecule has 2 heterocycles. The van der Waals surface area contributed by atoms with Gasteiger partial charge in [-0.25, -0.2) is 0 Å². The van der Waals surface area contributed by atoms with E-state index < -0.39 is 0 Å². The van der Waals surface area contributed by atoms with Crippen molar-refractivity contribution in [2.45, 2.75) is 78.6 Å². The number of piperazine rings is 1. The molecule has 0 unspecified atom stereocenters. The molecule has 0 spiro atoms. The van der Waals surface area contributed by atoms with Gasteiger partial charge >= 0.3 is 0 Å². The van der Waals surface area contributed by atoms with Gasteiger partial charge in [0.1, 0.15) is 0 Å². The van der Waals surface area contributed by atoms with E-state index in [9.17, 15) is 0 Å². The highest BCUT2D eigenvalue weighted by Crippen LogP contribution is 2.46. The normalized spacial score (nSPS) is 24.7. The lowest BCUT2D eigenvalue weighted by Crippen LogP contribution is -2.47. The molecule has 4 rings (SSSR count). The summed E-state index contributed by atoms with van der Waals surface area (Å²) in [6, 6.07) is 7.41. The van der Waals surface area contributed by atoms with Crippen molar-refractivity contribution in [1.29, 1.82) is 0 Å². The lowest BCUT2D eigenvalue weighted by Gasteiger charge is -2.41. The van der Waals surface area contributed by atoms with Crippen molar-refractivity contribution in [2.75, 3.05) is 68.8 Å². The Kier molecular flexibility index (Phi) is 10.4. The summed E-state index contributed by atoms with van der Waals surface area (Å²) in [6.07, 6.45) is 9.48. The van der Waals surface area contributed by atoms with Gasteiger partial charge in [0.15, 0.2) is 0 Å². The van der Waals surface area contributed by atoms with Crippen molar-refractivity contribution < 1.29 is 4.74 Å². The van der Waals surface area contributed by atoms with E-state index in [-0.39, 0.29) is 12.4 Å². The van der Waals surface area contributed by atoms with Crippen LogP contribution >= 0.6 is 12.4 Å². The molecule has 0 amide bonds. The van der Waals surface area contributed by atoms with Gasteiger partial charge in [0.05, 0.1) is 13.2 Å². The fourth-order valence-electron chi connectivity index (χ4n) is 6.24. The highest BCUT2D eigenvalue weighted by molar-refractivity contribution is 5.85. The summed E-state index contributed by atoms with van der Waals surface area (Å²) >= 11 is 0. The summed E-state index contributed by atoms with van der Waals surface area (Å²) in [5.74, 6) is 1.58. The zero-order valence-corrected chi connectivity index (χ0v) is 23.2.